The van der Waals surface area contributed by atoms with Gasteiger partial charge in [0.1, 0.15) is 6.10 Å². The van der Waals surface area contributed by atoms with Gasteiger partial charge in [0, 0.05) is 18.2 Å². The van der Waals surface area contributed by atoms with E-state index >= 15 is 0 Å². The Morgan fingerprint density at radius 3 is 2.44 bits per heavy atom. The number of rotatable bonds is 6. The molecular formula is C16H14N2O6S. The maximum Gasteiger partial charge on any atom is 0.338 e. The number of benzene rings is 2. The number of carbonyl (C=O) groups excluding carboxylic acids is 1. The number of nitro groups is 2. The number of carbonyl (C=O) groups is 1. The van der Waals surface area contributed by atoms with Gasteiger partial charge in [0.25, 0.3) is 11.4 Å². The Morgan fingerprint density at radius 1 is 1.12 bits per heavy atom. The van der Waals surface area contributed by atoms with Gasteiger partial charge in [-0.05, 0) is 30.9 Å². The fourth-order valence-electron chi connectivity index (χ4n) is 2.15. The van der Waals surface area contributed by atoms with E-state index in [1.807, 2.05) is 0 Å². The highest BCUT2D eigenvalue weighted by molar-refractivity contribution is 7.98. The van der Waals surface area contributed by atoms with Crippen molar-refractivity contribution in [1.29, 1.82) is 0 Å². The van der Waals surface area contributed by atoms with Crippen molar-refractivity contribution in [3.8, 4) is 0 Å². The van der Waals surface area contributed by atoms with Crippen LogP contribution >= 0.6 is 11.8 Å². The van der Waals surface area contributed by atoms with Crippen molar-refractivity contribution in [2.24, 2.45) is 0 Å². The first kappa shape index (κ1) is 18.4. The molecule has 25 heavy (non-hydrogen) atoms. The summed E-state index contributed by atoms with van der Waals surface area (Å²) < 4.78 is 5.27. The highest BCUT2D eigenvalue weighted by Crippen LogP contribution is 2.29. The molecule has 0 N–H and O–H groups in total. The molecule has 0 amide bonds. The highest BCUT2D eigenvalue weighted by atomic mass is 32.2. The zero-order chi connectivity index (χ0) is 18.6. The second-order valence-electron chi connectivity index (χ2n) is 5.04. The molecule has 0 aliphatic rings. The summed E-state index contributed by atoms with van der Waals surface area (Å²) >= 11 is 1.20. The van der Waals surface area contributed by atoms with Crippen LogP contribution in [-0.4, -0.2) is 22.1 Å². The minimum absolute atomic E-state index is 0.0433. The second-order valence-corrected chi connectivity index (χ2v) is 5.89. The third kappa shape index (κ3) is 4.32. The Bertz CT molecular complexity index is 839. The standard InChI is InChI=1S/C16H14N2O6S/c1-10(11-4-3-5-13(8-11)17(20)21)24-16(19)12-6-7-15(25-2)14(9-12)18(22)23/h3-10H,1-2H3/t10-/m0/s1. The number of non-ortho nitro benzene ring substituents is 1. The van der Waals surface area contributed by atoms with Crippen molar-refractivity contribution >= 4 is 29.1 Å². The van der Waals surface area contributed by atoms with Gasteiger partial charge in [0.2, 0.25) is 0 Å². The second kappa shape index (κ2) is 7.75. The Morgan fingerprint density at radius 2 is 1.84 bits per heavy atom. The van der Waals surface area contributed by atoms with E-state index in [-0.39, 0.29) is 16.9 Å². The Kier molecular flexibility index (Phi) is 5.71. The van der Waals surface area contributed by atoms with Crippen molar-refractivity contribution < 1.29 is 19.4 Å². The molecule has 1 atom stereocenters. The molecule has 0 fully saturated rings. The summed E-state index contributed by atoms with van der Waals surface area (Å²) in [5, 5.41) is 21.9. The molecule has 0 spiro atoms. The number of nitrogens with zero attached hydrogens (tertiary/aromatic N) is 2. The first-order chi connectivity index (χ1) is 11.8. The normalized spacial score (nSPS) is 11.6. The molecule has 0 aliphatic carbocycles. The molecule has 0 aromatic heterocycles. The van der Waals surface area contributed by atoms with Crippen LogP contribution in [0.2, 0.25) is 0 Å². The van der Waals surface area contributed by atoms with Crippen LogP contribution < -0.4 is 0 Å². The minimum Gasteiger partial charge on any atom is -0.454 e. The summed E-state index contributed by atoms with van der Waals surface area (Å²) in [4.78, 5) is 33.5. The molecule has 0 saturated heterocycles. The van der Waals surface area contributed by atoms with Crippen LogP contribution in [0.3, 0.4) is 0 Å². The van der Waals surface area contributed by atoms with Crippen molar-refractivity contribution in [2.75, 3.05) is 6.26 Å². The Balaban J connectivity index is 2.21. The van der Waals surface area contributed by atoms with Gasteiger partial charge >= 0.3 is 5.97 Å². The lowest BCUT2D eigenvalue weighted by atomic mass is 10.1. The number of nitro benzene ring substituents is 2. The largest absolute Gasteiger partial charge is 0.454 e. The molecule has 0 unspecified atom stereocenters. The third-order valence-corrected chi connectivity index (χ3v) is 4.23. The van der Waals surface area contributed by atoms with Gasteiger partial charge in [-0.25, -0.2) is 4.79 Å². The van der Waals surface area contributed by atoms with Gasteiger partial charge in [0.05, 0.1) is 20.3 Å². The summed E-state index contributed by atoms with van der Waals surface area (Å²) in [6.07, 6.45) is 0.955. The van der Waals surface area contributed by atoms with E-state index in [1.165, 1.54) is 42.1 Å². The lowest BCUT2D eigenvalue weighted by Crippen LogP contribution is -2.10. The van der Waals surface area contributed by atoms with Crippen LogP contribution in [-0.2, 0) is 4.74 Å². The SMILES string of the molecule is CSc1ccc(C(=O)O[C@@H](C)c2cccc([N+](=O)[O-])c2)cc1[N+](=O)[O-]. The zero-order valence-electron chi connectivity index (χ0n) is 13.4. The van der Waals surface area contributed by atoms with Gasteiger partial charge in [0.15, 0.2) is 0 Å². The van der Waals surface area contributed by atoms with E-state index in [1.54, 1.807) is 19.2 Å². The van der Waals surface area contributed by atoms with Gasteiger partial charge in [-0.3, -0.25) is 20.2 Å². The van der Waals surface area contributed by atoms with Crippen LogP contribution in [0.1, 0.15) is 28.9 Å². The zero-order valence-corrected chi connectivity index (χ0v) is 14.2. The van der Waals surface area contributed by atoms with Crippen molar-refractivity contribution in [2.45, 2.75) is 17.9 Å². The molecule has 2 aromatic rings. The number of hydrogen-bond acceptors (Lipinski definition) is 7. The van der Waals surface area contributed by atoms with E-state index in [0.29, 0.717) is 10.5 Å². The van der Waals surface area contributed by atoms with E-state index in [2.05, 4.69) is 0 Å². The van der Waals surface area contributed by atoms with E-state index in [4.69, 9.17) is 4.74 Å². The summed E-state index contributed by atoms with van der Waals surface area (Å²) in [7, 11) is 0. The molecule has 130 valence electrons. The first-order valence-electron chi connectivity index (χ1n) is 7.11. The first-order valence-corrected chi connectivity index (χ1v) is 8.33. The molecule has 2 aromatic carbocycles. The summed E-state index contributed by atoms with van der Waals surface area (Å²) in [5.41, 5.74) is 0.213. The topological polar surface area (TPSA) is 113 Å². The summed E-state index contributed by atoms with van der Waals surface area (Å²) in [6.45, 7) is 1.57. The lowest BCUT2D eigenvalue weighted by molar-refractivity contribution is -0.387. The van der Waals surface area contributed by atoms with Gasteiger partial charge < -0.3 is 4.74 Å². The van der Waals surface area contributed by atoms with Crippen LogP contribution in [0, 0.1) is 20.2 Å². The molecule has 9 heteroatoms. The number of thioether (sulfide) groups is 1. The molecular weight excluding hydrogens is 348 g/mol. The number of esters is 1. The van der Waals surface area contributed by atoms with E-state index < -0.39 is 21.9 Å². The predicted octanol–water partition coefficient (Wildman–Crippen LogP) is 4.14. The van der Waals surface area contributed by atoms with Gasteiger partial charge in [-0.2, -0.15) is 0 Å². The van der Waals surface area contributed by atoms with Crippen LogP contribution in [0.25, 0.3) is 0 Å². The van der Waals surface area contributed by atoms with Crippen LogP contribution in [0.15, 0.2) is 47.4 Å². The van der Waals surface area contributed by atoms with Crippen molar-refractivity contribution in [3.63, 3.8) is 0 Å². The predicted molar refractivity (Wildman–Crippen MR) is 91.8 cm³/mol. The van der Waals surface area contributed by atoms with Crippen LogP contribution in [0.5, 0.6) is 0 Å². The molecule has 0 bridgehead atoms. The molecule has 0 saturated carbocycles. The smallest absolute Gasteiger partial charge is 0.338 e. The quantitative estimate of drug-likeness (QED) is 0.328. The molecule has 2 rings (SSSR count). The fourth-order valence-corrected chi connectivity index (χ4v) is 2.69. The summed E-state index contributed by atoms with van der Waals surface area (Å²) in [5.74, 6) is -0.741. The van der Waals surface area contributed by atoms with Crippen molar-refractivity contribution in [3.05, 3.63) is 73.8 Å². The highest BCUT2D eigenvalue weighted by Gasteiger charge is 2.20. The maximum absolute atomic E-state index is 12.2. The van der Waals surface area contributed by atoms with E-state index in [0.717, 1.165) is 6.07 Å². The Hall–Kier alpha value is -2.94. The third-order valence-electron chi connectivity index (χ3n) is 3.45. The van der Waals surface area contributed by atoms with Crippen molar-refractivity contribution in [1.82, 2.24) is 0 Å². The number of ether oxygens (including phenoxy) is 1. The van der Waals surface area contributed by atoms with Gasteiger partial charge in [-0.15, -0.1) is 11.8 Å². The molecule has 0 radical (unpaired) electrons. The minimum atomic E-state index is -0.744. The van der Waals surface area contributed by atoms with Gasteiger partial charge in [-0.1, -0.05) is 12.1 Å². The average Bonchev–Trinajstić information content (AvgIpc) is 2.60. The number of hydrogen-bond donors (Lipinski definition) is 0. The van der Waals surface area contributed by atoms with E-state index in [9.17, 15) is 25.0 Å². The maximum atomic E-state index is 12.2. The molecule has 0 aliphatic heterocycles. The molecule has 8 nitrogen and oxygen atoms in total. The Labute approximate surface area is 147 Å². The monoisotopic (exact) mass is 362 g/mol. The summed E-state index contributed by atoms with van der Waals surface area (Å²) in [6, 6.07) is 9.84. The lowest BCUT2D eigenvalue weighted by Gasteiger charge is -2.13. The average molecular weight is 362 g/mol. The molecule has 0 heterocycles. The van der Waals surface area contributed by atoms with Crippen LogP contribution in [0.4, 0.5) is 11.4 Å². The fraction of sp³-hybridized carbons (Fsp3) is 0.188.